The standard InChI is InChI=1S/C15H13NOS/c1-18-14-7-5-13(6-8-14)15(17)9-4-12-3-2-10-16-11-12/h2-11H,1H3/b9-4+. The average molecular weight is 255 g/mol. The molecule has 2 rings (SSSR count). The van der Waals surface area contributed by atoms with E-state index in [1.165, 1.54) is 0 Å². The van der Waals surface area contributed by atoms with Gasteiger partial charge in [0.05, 0.1) is 0 Å². The van der Waals surface area contributed by atoms with Crippen LogP contribution in [0.15, 0.2) is 59.8 Å². The first kappa shape index (κ1) is 12.6. The van der Waals surface area contributed by atoms with Crippen molar-refractivity contribution in [1.82, 2.24) is 4.98 Å². The number of allylic oxidation sites excluding steroid dienone is 1. The van der Waals surface area contributed by atoms with E-state index < -0.39 is 0 Å². The number of nitrogens with zero attached hydrogens (tertiary/aromatic N) is 1. The Balaban J connectivity index is 2.09. The lowest BCUT2D eigenvalue weighted by Crippen LogP contribution is -1.93. The van der Waals surface area contributed by atoms with Gasteiger partial charge in [-0.1, -0.05) is 6.07 Å². The third-order valence-electron chi connectivity index (χ3n) is 2.49. The number of benzene rings is 1. The Bertz CT molecular complexity index is 546. The van der Waals surface area contributed by atoms with Crippen LogP contribution in [0.2, 0.25) is 0 Å². The van der Waals surface area contributed by atoms with Crippen molar-refractivity contribution < 1.29 is 4.79 Å². The zero-order chi connectivity index (χ0) is 12.8. The molecule has 0 radical (unpaired) electrons. The maximum atomic E-state index is 11.9. The molecule has 2 nitrogen and oxygen atoms in total. The van der Waals surface area contributed by atoms with Crippen molar-refractivity contribution in [3.63, 3.8) is 0 Å². The van der Waals surface area contributed by atoms with E-state index in [9.17, 15) is 4.79 Å². The van der Waals surface area contributed by atoms with Gasteiger partial charge in [-0.3, -0.25) is 9.78 Å². The maximum Gasteiger partial charge on any atom is 0.185 e. The number of ketones is 1. The van der Waals surface area contributed by atoms with Crippen LogP contribution in [0.3, 0.4) is 0 Å². The van der Waals surface area contributed by atoms with Crippen molar-refractivity contribution in [3.8, 4) is 0 Å². The average Bonchev–Trinajstić information content (AvgIpc) is 2.46. The van der Waals surface area contributed by atoms with Crippen molar-refractivity contribution in [2.45, 2.75) is 4.90 Å². The molecule has 0 N–H and O–H groups in total. The number of thioether (sulfide) groups is 1. The molecule has 90 valence electrons. The molecule has 0 aliphatic heterocycles. The minimum Gasteiger partial charge on any atom is -0.289 e. The topological polar surface area (TPSA) is 30.0 Å². The monoisotopic (exact) mass is 255 g/mol. The third-order valence-corrected chi connectivity index (χ3v) is 3.23. The van der Waals surface area contributed by atoms with Crippen LogP contribution in [0.4, 0.5) is 0 Å². The highest BCUT2D eigenvalue weighted by Crippen LogP contribution is 2.15. The molecule has 0 bridgehead atoms. The molecule has 0 amide bonds. The Kier molecular flexibility index (Phi) is 4.31. The lowest BCUT2D eigenvalue weighted by atomic mass is 10.1. The van der Waals surface area contributed by atoms with Crippen LogP contribution in [-0.4, -0.2) is 17.0 Å². The molecular formula is C15H13NOS. The highest BCUT2D eigenvalue weighted by Gasteiger charge is 2.01. The van der Waals surface area contributed by atoms with E-state index in [1.807, 2.05) is 42.7 Å². The van der Waals surface area contributed by atoms with Gasteiger partial charge >= 0.3 is 0 Å². The van der Waals surface area contributed by atoms with Crippen molar-refractivity contribution in [1.29, 1.82) is 0 Å². The first-order chi connectivity index (χ1) is 8.79. The number of carbonyl (C=O) groups is 1. The smallest absolute Gasteiger partial charge is 0.185 e. The number of aromatic nitrogens is 1. The van der Waals surface area contributed by atoms with Gasteiger partial charge in [-0.05, 0) is 54.3 Å². The zero-order valence-electron chi connectivity index (χ0n) is 10.0. The summed E-state index contributed by atoms with van der Waals surface area (Å²) >= 11 is 1.66. The van der Waals surface area contributed by atoms with Gasteiger partial charge in [0.1, 0.15) is 0 Å². The molecule has 0 saturated heterocycles. The van der Waals surface area contributed by atoms with Gasteiger partial charge in [-0.15, -0.1) is 11.8 Å². The highest BCUT2D eigenvalue weighted by molar-refractivity contribution is 7.98. The van der Waals surface area contributed by atoms with Crippen LogP contribution < -0.4 is 0 Å². The van der Waals surface area contributed by atoms with Gasteiger partial charge < -0.3 is 0 Å². The molecule has 0 saturated carbocycles. The van der Waals surface area contributed by atoms with Crippen LogP contribution in [-0.2, 0) is 0 Å². The summed E-state index contributed by atoms with van der Waals surface area (Å²) in [6.45, 7) is 0. The number of hydrogen-bond donors (Lipinski definition) is 0. The van der Waals surface area contributed by atoms with Crippen LogP contribution in [0, 0.1) is 0 Å². The molecule has 1 heterocycles. The fourth-order valence-corrected chi connectivity index (χ4v) is 1.91. The predicted octanol–water partition coefficient (Wildman–Crippen LogP) is 3.70. The van der Waals surface area contributed by atoms with E-state index in [0.29, 0.717) is 5.56 Å². The Morgan fingerprint density at radius 2 is 2.00 bits per heavy atom. The minimum atomic E-state index is 0.00602. The molecule has 3 heteroatoms. The molecule has 0 fully saturated rings. The summed E-state index contributed by atoms with van der Waals surface area (Å²) in [7, 11) is 0. The van der Waals surface area contributed by atoms with E-state index in [-0.39, 0.29) is 5.78 Å². The summed E-state index contributed by atoms with van der Waals surface area (Å²) in [4.78, 5) is 17.1. The van der Waals surface area contributed by atoms with Crippen LogP contribution in [0.25, 0.3) is 6.08 Å². The van der Waals surface area contributed by atoms with E-state index in [1.54, 1.807) is 36.3 Å². The third kappa shape index (κ3) is 3.31. The first-order valence-electron chi connectivity index (χ1n) is 5.56. The van der Waals surface area contributed by atoms with Crippen LogP contribution in [0.5, 0.6) is 0 Å². The molecule has 0 spiro atoms. The van der Waals surface area contributed by atoms with Crippen LogP contribution in [0.1, 0.15) is 15.9 Å². The second-order valence-electron chi connectivity index (χ2n) is 3.71. The minimum absolute atomic E-state index is 0.00602. The van der Waals surface area contributed by atoms with Crippen LogP contribution >= 0.6 is 11.8 Å². The Labute approximate surface area is 111 Å². The van der Waals surface area contributed by atoms with Crippen molar-refractivity contribution in [2.24, 2.45) is 0 Å². The Morgan fingerprint density at radius 3 is 2.61 bits per heavy atom. The molecule has 0 atom stereocenters. The highest BCUT2D eigenvalue weighted by atomic mass is 32.2. The molecule has 0 aliphatic rings. The maximum absolute atomic E-state index is 11.9. The molecule has 1 aromatic carbocycles. The SMILES string of the molecule is CSc1ccc(C(=O)/C=C/c2cccnc2)cc1. The quantitative estimate of drug-likeness (QED) is 0.474. The summed E-state index contributed by atoms with van der Waals surface area (Å²) in [6.07, 6.45) is 8.79. The van der Waals surface area contributed by atoms with E-state index in [2.05, 4.69) is 4.98 Å². The zero-order valence-corrected chi connectivity index (χ0v) is 10.9. The lowest BCUT2D eigenvalue weighted by molar-refractivity contribution is 0.104. The van der Waals surface area contributed by atoms with E-state index in [0.717, 1.165) is 10.5 Å². The van der Waals surface area contributed by atoms with Gasteiger partial charge in [0.15, 0.2) is 5.78 Å². The Hall–Kier alpha value is -1.87. The van der Waals surface area contributed by atoms with Crippen molar-refractivity contribution >= 4 is 23.6 Å². The summed E-state index contributed by atoms with van der Waals surface area (Å²) in [6, 6.07) is 11.4. The number of hydrogen-bond acceptors (Lipinski definition) is 3. The van der Waals surface area contributed by atoms with Gasteiger partial charge in [-0.2, -0.15) is 0 Å². The molecule has 1 aromatic heterocycles. The van der Waals surface area contributed by atoms with Gasteiger partial charge in [0, 0.05) is 22.9 Å². The molecule has 18 heavy (non-hydrogen) atoms. The summed E-state index contributed by atoms with van der Waals surface area (Å²) < 4.78 is 0. The molecule has 0 unspecified atom stereocenters. The normalized spacial score (nSPS) is 10.7. The number of pyridine rings is 1. The summed E-state index contributed by atoms with van der Waals surface area (Å²) in [5.74, 6) is 0.00602. The predicted molar refractivity (Wildman–Crippen MR) is 75.8 cm³/mol. The molecular weight excluding hydrogens is 242 g/mol. The summed E-state index contributed by atoms with van der Waals surface area (Å²) in [5, 5.41) is 0. The summed E-state index contributed by atoms with van der Waals surface area (Å²) in [5.41, 5.74) is 1.62. The first-order valence-corrected chi connectivity index (χ1v) is 6.78. The molecule has 0 aliphatic carbocycles. The molecule has 2 aromatic rings. The van der Waals surface area contributed by atoms with E-state index in [4.69, 9.17) is 0 Å². The fraction of sp³-hybridized carbons (Fsp3) is 0.0667. The largest absolute Gasteiger partial charge is 0.289 e. The lowest BCUT2D eigenvalue weighted by Gasteiger charge is -1.98. The van der Waals surface area contributed by atoms with Crippen molar-refractivity contribution in [2.75, 3.05) is 6.26 Å². The van der Waals surface area contributed by atoms with Gasteiger partial charge in [0.25, 0.3) is 0 Å². The van der Waals surface area contributed by atoms with E-state index >= 15 is 0 Å². The number of carbonyl (C=O) groups excluding carboxylic acids is 1. The van der Waals surface area contributed by atoms with Gasteiger partial charge in [0.2, 0.25) is 0 Å². The van der Waals surface area contributed by atoms with Gasteiger partial charge in [-0.25, -0.2) is 0 Å². The van der Waals surface area contributed by atoms with Crippen molar-refractivity contribution in [3.05, 3.63) is 66.0 Å². The number of rotatable bonds is 4. The Morgan fingerprint density at radius 1 is 1.22 bits per heavy atom. The second-order valence-corrected chi connectivity index (χ2v) is 4.59. The second kappa shape index (κ2) is 6.17. The fourth-order valence-electron chi connectivity index (χ4n) is 1.50.